The van der Waals surface area contributed by atoms with Crippen molar-refractivity contribution >= 4 is 15.9 Å². The molecule has 0 spiro atoms. The van der Waals surface area contributed by atoms with Gasteiger partial charge in [-0.25, -0.2) is 8.42 Å². The van der Waals surface area contributed by atoms with Gasteiger partial charge in [-0.15, -0.1) is 0 Å². The first kappa shape index (κ1) is 14.8. The third-order valence-electron chi connectivity index (χ3n) is 3.05. The average molecular weight is 300 g/mol. The summed E-state index contributed by atoms with van der Waals surface area (Å²) in [6.07, 6.45) is 0. The minimum Gasteiger partial charge on any atom is -0.496 e. The quantitative estimate of drug-likeness (QED) is 0.831. The van der Waals surface area contributed by atoms with E-state index in [4.69, 9.17) is 15.2 Å². The first-order valence-electron chi connectivity index (χ1n) is 6.02. The Morgan fingerprint density at radius 2 is 2.00 bits per heavy atom. The van der Waals surface area contributed by atoms with E-state index in [0.29, 0.717) is 26.3 Å². The number of methoxy groups -OCH3 is 1. The molecule has 0 radical (unpaired) electrons. The second-order valence-electron chi connectivity index (χ2n) is 4.24. The molecule has 110 valence electrons. The maximum absolute atomic E-state index is 12.4. The van der Waals surface area contributed by atoms with Gasteiger partial charge in [0.05, 0.1) is 30.8 Å². The fraction of sp³-hybridized carbons (Fsp3) is 0.417. The lowest BCUT2D eigenvalue weighted by Gasteiger charge is -2.26. The minimum atomic E-state index is -3.62. The average Bonchev–Trinajstić information content (AvgIpc) is 2.47. The number of sulfonamides is 1. The SMILES string of the molecule is COc1cc(S(=O)(=O)N2CCOCC2)ccc1C(N)=O. The van der Waals surface area contributed by atoms with Crippen molar-refractivity contribution in [3.63, 3.8) is 0 Å². The van der Waals surface area contributed by atoms with Crippen LogP contribution in [-0.2, 0) is 14.8 Å². The fourth-order valence-electron chi connectivity index (χ4n) is 1.97. The molecule has 0 saturated carbocycles. The summed E-state index contributed by atoms with van der Waals surface area (Å²) < 4.78 is 36.4. The molecule has 1 amide bonds. The molecule has 1 fully saturated rings. The van der Waals surface area contributed by atoms with Gasteiger partial charge in [0.25, 0.3) is 5.91 Å². The zero-order chi connectivity index (χ0) is 14.8. The van der Waals surface area contributed by atoms with Crippen molar-refractivity contribution in [2.24, 2.45) is 5.73 Å². The van der Waals surface area contributed by atoms with Crippen LogP contribution in [0.3, 0.4) is 0 Å². The summed E-state index contributed by atoms with van der Waals surface area (Å²) in [4.78, 5) is 11.3. The molecule has 1 saturated heterocycles. The van der Waals surface area contributed by atoms with Crippen LogP contribution < -0.4 is 10.5 Å². The lowest BCUT2D eigenvalue weighted by molar-refractivity contribution is 0.0730. The largest absolute Gasteiger partial charge is 0.496 e. The van der Waals surface area contributed by atoms with E-state index in [1.54, 1.807) is 0 Å². The highest BCUT2D eigenvalue weighted by atomic mass is 32.2. The van der Waals surface area contributed by atoms with Gasteiger partial charge in [0.2, 0.25) is 10.0 Å². The Morgan fingerprint density at radius 1 is 1.35 bits per heavy atom. The summed E-state index contributed by atoms with van der Waals surface area (Å²) in [5.41, 5.74) is 5.34. The molecule has 2 rings (SSSR count). The van der Waals surface area contributed by atoms with Crippen LogP contribution in [0.2, 0.25) is 0 Å². The number of hydrogen-bond donors (Lipinski definition) is 1. The highest BCUT2D eigenvalue weighted by Gasteiger charge is 2.27. The van der Waals surface area contributed by atoms with Crippen LogP contribution in [0.4, 0.5) is 0 Å². The van der Waals surface area contributed by atoms with Crippen LogP contribution in [0.15, 0.2) is 23.1 Å². The summed E-state index contributed by atoms with van der Waals surface area (Å²) >= 11 is 0. The zero-order valence-electron chi connectivity index (χ0n) is 11.0. The molecule has 20 heavy (non-hydrogen) atoms. The number of nitrogens with two attached hydrogens (primary N) is 1. The van der Waals surface area contributed by atoms with Gasteiger partial charge >= 0.3 is 0 Å². The Labute approximate surface area is 117 Å². The molecule has 0 atom stereocenters. The van der Waals surface area contributed by atoms with Crippen molar-refractivity contribution in [2.45, 2.75) is 4.90 Å². The van der Waals surface area contributed by atoms with E-state index < -0.39 is 15.9 Å². The Bertz CT molecular complexity index is 608. The van der Waals surface area contributed by atoms with Crippen LogP contribution in [-0.4, -0.2) is 52.0 Å². The maximum atomic E-state index is 12.4. The molecule has 1 heterocycles. The van der Waals surface area contributed by atoms with Gasteiger partial charge in [-0.3, -0.25) is 4.79 Å². The van der Waals surface area contributed by atoms with Crippen molar-refractivity contribution in [3.8, 4) is 5.75 Å². The predicted molar refractivity (Wildman–Crippen MR) is 71.1 cm³/mol. The van der Waals surface area contributed by atoms with Crippen LogP contribution in [0.25, 0.3) is 0 Å². The van der Waals surface area contributed by atoms with Gasteiger partial charge in [-0.2, -0.15) is 4.31 Å². The summed E-state index contributed by atoms with van der Waals surface area (Å²) in [5.74, 6) is -0.524. The monoisotopic (exact) mass is 300 g/mol. The fourth-order valence-corrected chi connectivity index (χ4v) is 3.40. The summed E-state index contributed by atoms with van der Waals surface area (Å²) in [5, 5.41) is 0. The third kappa shape index (κ3) is 2.77. The molecule has 1 aromatic rings. The van der Waals surface area contributed by atoms with Gasteiger partial charge in [0.1, 0.15) is 5.75 Å². The van der Waals surface area contributed by atoms with Crippen LogP contribution in [0, 0.1) is 0 Å². The molecule has 1 aromatic carbocycles. The Kier molecular flexibility index (Phi) is 4.26. The van der Waals surface area contributed by atoms with Crippen LogP contribution >= 0.6 is 0 Å². The standard InChI is InChI=1S/C12H16N2O5S/c1-18-11-8-9(2-3-10(11)12(13)15)20(16,17)14-4-6-19-7-5-14/h2-3,8H,4-7H2,1H3,(H2,13,15). The second-order valence-corrected chi connectivity index (χ2v) is 6.18. The molecule has 2 N–H and O–H groups in total. The number of amides is 1. The summed E-state index contributed by atoms with van der Waals surface area (Å²) in [6.45, 7) is 1.36. The number of rotatable bonds is 4. The maximum Gasteiger partial charge on any atom is 0.252 e. The van der Waals surface area contributed by atoms with E-state index in [1.165, 1.54) is 29.6 Å². The van der Waals surface area contributed by atoms with Crippen molar-refractivity contribution in [1.29, 1.82) is 0 Å². The third-order valence-corrected chi connectivity index (χ3v) is 4.94. The molecular weight excluding hydrogens is 284 g/mol. The normalized spacial score (nSPS) is 16.9. The minimum absolute atomic E-state index is 0.0706. The van der Waals surface area contributed by atoms with Crippen LogP contribution in [0.1, 0.15) is 10.4 Å². The number of carbonyl (C=O) groups is 1. The Morgan fingerprint density at radius 3 is 2.55 bits per heavy atom. The van der Waals surface area contributed by atoms with Gasteiger partial charge < -0.3 is 15.2 Å². The van der Waals surface area contributed by atoms with E-state index in [0.717, 1.165) is 0 Å². The lowest BCUT2D eigenvalue weighted by Crippen LogP contribution is -2.40. The van der Waals surface area contributed by atoms with Gasteiger partial charge in [0, 0.05) is 19.2 Å². The highest BCUT2D eigenvalue weighted by molar-refractivity contribution is 7.89. The number of primary amides is 1. The van der Waals surface area contributed by atoms with Crippen molar-refractivity contribution in [1.82, 2.24) is 4.31 Å². The molecule has 0 aliphatic carbocycles. The number of benzene rings is 1. The Balaban J connectivity index is 2.39. The molecule has 7 nitrogen and oxygen atoms in total. The number of ether oxygens (including phenoxy) is 2. The first-order valence-corrected chi connectivity index (χ1v) is 7.46. The van der Waals surface area contributed by atoms with E-state index in [9.17, 15) is 13.2 Å². The van der Waals surface area contributed by atoms with Crippen molar-refractivity contribution in [2.75, 3.05) is 33.4 Å². The Hall–Kier alpha value is -1.64. The predicted octanol–water partition coefficient (Wildman–Crippen LogP) is -0.185. The zero-order valence-corrected chi connectivity index (χ0v) is 11.9. The first-order chi connectivity index (χ1) is 9.46. The smallest absolute Gasteiger partial charge is 0.252 e. The van der Waals surface area contributed by atoms with Gasteiger partial charge in [0.15, 0.2) is 0 Å². The molecule has 1 aliphatic rings. The second kappa shape index (κ2) is 5.78. The van der Waals surface area contributed by atoms with Crippen LogP contribution in [0.5, 0.6) is 5.75 Å². The molecule has 0 unspecified atom stereocenters. The summed E-state index contributed by atoms with van der Waals surface area (Å²) in [7, 11) is -2.26. The van der Waals surface area contributed by atoms with E-state index >= 15 is 0 Å². The molecule has 1 aliphatic heterocycles. The summed E-state index contributed by atoms with van der Waals surface area (Å²) in [6, 6.07) is 4.02. The topological polar surface area (TPSA) is 98.9 Å². The number of hydrogen-bond acceptors (Lipinski definition) is 5. The number of carbonyl (C=O) groups excluding carboxylic acids is 1. The number of nitrogens with zero attached hydrogens (tertiary/aromatic N) is 1. The van der Waals surface area contributed by atoms with Crippen molar-refractivity contribution in [3.05, 3.63) is 23.8 Å². The molecule has 8 heteroatoms. The highest BCUT2D eigenvalue weighted by Crippen LogP contribution is 2.25. The lowest BCUT2D eigenvalue weighted by atomic mass is 10.2. The van der Waals surface area contributed by atoms with E-state index in [1.807, 2.05) is 0 Å². The molecule has 0 bridgehead atoms. The van der Waals surface area contributed by atoms with E-state index in [2.05, 4.69) is 0 Å². The van der Waals surface area contributed by atoms with Gasteiger partial charge in [-0.05, 0) is 12.1 Å². The van der Waals surface area contributed by atoms with Gasteiger partial charge in [-0.1, -0.05) is 0 Å². The molecule has 0 aromatic heterocycles. The van der Waals surface area contributed by atoms with Crippen molar-refractivity contribution < 1.29 is 22.7 Å². The van der Waals surface area contributed by atoms with E-state index in [-0.39, 0.29) is 16.2 Å². The number of morpholine rings is 1. The molecular formula is C12H16N2O5S.